The lowest BCUT2D eigenvalue weighted by molar-refractivity contribution is 0.573. The van der Waals surface area contributed by atoms with Gasteiger partial charge in [-0.1, -0.05) is 19.1 Å². The molecule has 5 nitrogen and oxygen atoms in total. The third-order valence-electron chi connectivity index (χ3n) is 2.00. The van der Waals surface area contributed by atoms with E-state index in [9.17, 15) is 8.42 Å². The van der Waals surface area contributed by atoms with Crippen molar-refractivity contribution in [3.63, 3.8) is 0 Å². The smallest absolute Gasteiger partial charge is 0.221 e. The van der Waals surface area contributed by atoms with Gasteiger partial charge in [0.15, 0.2) is 0 Å². The molecule has 90 valence electrons. The fraction of sp³-hybridized carbons (Fsp3) is 0.500. The number of thiocarbonyl (C=S) groups is 1. The van der Waals surface area contributed by atoms with E-state index in [1.54, 1.807) is 17.8 Å². The van der Waals surface area contributed by atoms with Crippen LogP contribution in [0, 0.1) is 0 Å². The zero-order chi connectivity index (χ0) is 12.2. The van der Waals surface area contributed by atoms with E-state index in [1.807, 2.05) is 0 Å². The van der Waals surface area contributed by atoms with Gasteiger partial charge in [0, 0.05) is 5.38 Å². The van der Waals surface area contributed by atoms with Gasteiger partial charge in [-0.05, 0) is 6.42 Å². The van der Waals surface area contributed by atoms with Crippen LogP contribution >= 0.6 is 23.6 Å². The van der Waals surface area contributed by atoms with Gasteiger partial charge in [0.25, 0.3) is 0 Å². The van der Waals surface area contributed by atoms with Crippen LogP contribution in [0.5, 0.6) is 0 Å². The second kappa shape index (κ2) is 5.67. The average molecular weight is 279 g/mol. The molecule has 0 aliphatic rings. The Kier molecular flexibility index (Phi) is 4.78. The van der Waals surface area contributed by atoms with E-state index in [0.717, 1.165) is 0 Å². The minimum absolute atomic E-state index is 0.00622. The summed E-state index contributed by atoms with van der Waals surface area (Å²) < 4.78 is 26.0. The molecule has 1 heterocycles. The Morgan fingerprint density at radius 1 is 1.75 bits per heavy atom. The highest BCUT2D eigenvalue weighted by Crippen LogP contribution is 2.07. The predicted molar refractivity (Wildman–Crippen MR) is 68.7 cm³/mol. The van der Waals surface area contributed by atoms with E-state index in [1.165, 1.54) is 11.3 Å². The maximum atomic E-state index is 11.8. The first-order valence-electron chi connectivity index (χ1n) is 4.62. The highest BCUT2D eigenvalue weighted by Gasteiger charge is 2.25. The molecule has 0 spiro atoms. The SMILES string of the molecule is CCC(C(N)=S)S(=O)(=O)NCc1cscn1. The molecule has 0 bridgehead atoms. The van der Waals surface area contributed by atoms with E-state index in [2.05, 4.69) is 9.71 Å². The summed E-state index contributed by atoms with van der Waals surface area (Å²) in [6.45, 7) is 1.90. The Balaban J connectivity index is 2.67. The summed E-state index contributed by atoms with van der Waals surface area (Å²) in [5, 5.41) is 0.964. The number of sulfonamides is 1. The van der Waals surface area contributed by atoms with Crippen LogP contribution in [0.1, 0.15) is 19.0 Å². The first-order valence-corrected chi connectivity index (χ1v) is 7.52. The number of rotatable bonds is 6. The van der Waals surface area contributed by atoms with Gasteiger partial charge in [0.05, 0.1) is 22.7 Å². The lowest BCUT2D eigenvalue weighted by Gasteiger charge is -2.14. The first-order chi connectivity index (χ1) is 7.47. The van der Waals surface area contributed by atoms with Gasteiger partial charge in [-0.25, -0.2) is 18.1 Å². The Bertz CT molecular complexity index is 441. The minimum Gasteiger partial charge on any atom is -0.392 e. The van der Waals surface area contributed by atoms with Crippen molar-refractivity contribution in [2.24, 2.45) is 5.73 Å². The minimum atomic E-state index is -3.50. The molecule has 1 unspecified atom stereocenters. The van der Waals surface area contributed by atoms with Crippen LogP contribution in [0.3, 0.4) is 0 Å². The van der Waals surface area contributed by atoms with Gasteiger partial charge in [-0.2, -0.15) is 0 Å². The summed E-state index contributed by atoms with van der Waals surface area (Å²) in [7, 11) is -3.50. The molecule has 0 aliphatic heterocycles. The standard InChI is InChI=1S/C8H13N3O2S3/c1-2-7(8(9)14)16(12,13)11-3-6-4-15-5-10-6/h4-5,7,11H,2-3H2,1H3,(H2,9,14). The van der Waals surface area contributed by atoms with Crippen molar-refractivity contribution in [2.45, 2.75) is 25.1 Å². The summed E-state index contributed by atoms with van der Waals surface area (Å²) in [5.41, 5.74) is 7.71. The number of hydrogen-bond donors (Lipinski definition) is 2. The maximum absolute atomic E-state index is 11.8. The first kappa shape index (κ1) is 13.5. The molecule has 0 saturated carbocycles. The van der Waals surface area contributed by atoms with Gasteiger partial charge in [-0.15, -0.1) is 11.3 Å². The van der Waals surface area contributed by atoms with Crippen molar-refractivity contribution >= 4 is 38.6 Å². The molecule has 1 rings (SSSR count). The second-order valence-corrected chi connectivity index (χ2v) is 6.28. The molecular weight excluding hydrogens is 266 g/mol. The third-order valence-corrected chi connectivity index (χ3v) is 4.95. The Morgan fingerprint density at radius 2 is 2.44 bits per heavy atom. The number of aromatic nitrogens is 1. The van der Waals surface area contributed by atoms with E-state index in [0.29, 0.717) is 12.1 Å². The van der Waals surface area contributed by atoms with Crippen LogP contribution in [-0.4, -0.2) is 23.6 Å². The fourth-order valence-corrected chi connectivity index (χ4v) is 3.57. The number of nitrogens with two attached hydrogens (primary N) is 1. The van der Waals surface area contributed by atoms with Crippen LogP contribution in [0.4, 0.5) is 0 Å². The summed E-state index contributed by atoms with van der Waals surface area (Å²) in [6, 6.07) is 0. The van der Waals surface area contributed by atoms with E-state index < -0.39 is 15.3 Å². The molecule has 0 radical (unpaired) electrons. The van der Waals surface area contributed by atoms with Crippen molar-refractivity contribution in [3.05, 3.63) is 16.6 Å². The van der Waals surface area contributed by atoms with Crippen molar-refractivity contribution < 1.29 is 8.42 Å². The number of hydrogen-bond acceptors (Lipinski definition) is 5. The van der Waals surface area contributed by atoms with Crippen LogP contribution in [-0.2, 0) is 16.6 Å². The number of nitrogens with one attached hydrogen (secondary N) is 1. The fourth-order valence-electron chi connectivity index (χ4n) is 1.17. The molecule has 0 fully saturated rings. The zero-order valence-electron chi connectivity index (χ0n) is 8.71. The average Bonchev–Trinajstić information content (AvgIpc) is 2.67. The highest BCUT2D eigenvalue weighted by molar-refractivity contribution is 7.93. The molecule has 0 amide bonds. The van der Waals surface area contributed by atoms with Crippen LogP contribution in [0.15, 0.2) is 10.9 Å². The summed E-state index contributed by atoms with van der Waals surface area (Å²) in [5.74, 6) is 0. The Hall–Kier alpha value is -0.570. The van der Waals surface area contributed by atoms with Crippen molar-refractivity contribution in [1.29, 1.82) is 0 Å². The van der Waals surface area contributed by atoms with Gasteiger partial charge < -0.3 is 5.73 Å². The van der Waals surface area contributed by atoms with Crippen molar-refractivity contribution in [3.8, 4) is 0 Å². The molecule has 0 saturated heterocycles. The lowest BCUT2D eigenvalue weighted by atomic mass is 10.3. The summed E-state index contributed by atoms with van der Waals surface area (Å²) >= 11 is 6.14. The normalized spacial score (nSPS) is 13.6. The van der Waals surface area contributed by atoms with Crippen molar-refractivity contribution in [2.75, 3.05) is 0 Å². The molecular formula is C8H13N3O2S3. The molecule has 0 aromatic carbocycles. The lowest BCUT2D eigenvalue weighted by Crippen LogP contribution is -2.41. The second-order valence-electron chi connectivity index (χ2n) is 3.15. The topological polar surface area (TPSA) is 85.1 Å². The Labute approximate surface area is 104 Å². The molecule has 1 atom stereocenters. The van der Waals surface area contributed by atoms with Gasteiger partial charge in [0.2, 0.25) is 10.0 Å². The molecule has 1 aromatic heterocycles. The van der Waals surface area contributed by atoms with E-state index in [-0.39, 0.29) is 11.5 Å². The van der Waals surface area contributed by atoms with Gasteiger partial charge in [0.1, 0.15) is 5.25 Å². The van der Waals surface area contributed by atoms with E-state index in [4.69, 9.17) is 18.0 Å². The molecule has 16 heavy (non-hydrogen) atoms. The van der Waals surface area contributed by atoms with Gasteiger partial charge >= 0.3 is 0 Å². The van der Waals surface area contributed by atoms with Crippen LogP contribution in [0.2, 0.25) is 0 Å². The van der Waals surface area contributed by atoms with Crippen LogP contribution in [0.25, 0.3) is 0 Å². The number of thiazole rings is 1. The highest BCUT2D eigenvalue weighted by atomic mass is 32.2. The summed E-state index contributed by atoms with van der Waals surface area (Å²) in [4.78, 5) is 3.97. The van der Waals surface area contributed by atoms with Crippen molar-refractivity contribution in [1.82, 2.24) is 9.71 Å². The maximum Gasteiger partial charge on any atom is 0.221 e. The predicted octanol–water partition coefficient (Wildman–Crippen LogP) is 0.627. The molecule has 8 heteroatoms. The molecule has 1 aromatic rings. The Morgan fingerprint density at radius 3 is 2.88 bits per heavy atom. The quantitative estimate of drug-likeness (QED) is 0.746. The van der Waals surface area contributed by atoms with Crippen LogP contribution < -0.4 is 10.5 Å². The molecule has 3 N–H and O–H groups in total. The number of nitrogens with zero attached hydrogens (tertiary/aromatic N) is 1. The third kappa shape index (κ3) is 3.48. The summed E-state index contributed by atoms with van der Waals surface area (Å²) in [6.07, 6.45) is 0.363. The van der Waals surface area contributed by atoms with E-state index >= 15 is 0 Å². The monoisotopic (exact) mass is 279 g/mol. The zero-order valence-corrected chi connectivity index (χ0v) is 11.2. The largest absolute Gasteiger partial charge is 0.392 e. The van der Waals surface area contributed by atoms with Gasteiger partial charge in [-0.3, -0.25) is 0 Å². The molecule has 0 aliphatic carbocycles.